The zero-order chi connectivity index (χ0) is 11.1. The van der Waals surface area contributed by atoms with Crippen LogP contribution in [0, 0.1) is 5.92 Å². The monoisotopic (exact) mass is 228 g/mol. The Hall–Kier alpha value is -0.550. The van der Waals surface area contributed by atoms with E-state index < -0.39 is 0 Å². The highest BCUT2D eigenvalue weighted by molar-refractivity contribution is 7.99. The minimum atomic E-state index is 0.733. The van der Waals surface area contributed by atoms with E-state index in [0.717, 1.165) is 29.9 Å². The third kappa shape index (κ3) is 5.18. The molecule has 0 fully saturated rings. The Kier molecular flexibility index (Phi) is 5.71. The Morgan fingerprint density at radius 2 is 2.33 bits per heavy atom. The maximum atomic E-state index is 4.16. The minimum Gasteiger partial charge on any atom is -0.316 e. The second-order valence-corrected chi connectivity index (χ2v) is 5.03. The van der Waals surface area contributed by atoms with Crippen LogP contribution in [0.15, 0.2) is 11.5 Å². The number of rotatable bonds is 7. The molecule has 1 aromatic heterocycles. The predicted octanol–water partition coefficient (Wildman–Crippen LogP) is 1.54. The fourth-order valence-electron chi connectivity index (χ4n) is 1.17. The van der Waals surface area contributed by atoms with Crippen molar-refractivity contribution in [3.05, 3.63) is 6.33 Å². The Balaban J connectivity index is 2.00. The summed E-state index contributed by atoms with van der Waals surface area (Å²) in [7, 11) is 1.92. The first kappa shape index (κ1) is 12.5. The first-order chi connectivity index (χ1) is 7.20. The van der Waals surface area contributed by atoms with Crippen molar-refractivity contribution in [2.45, 2.75) is 25.4 Å². The second kappa shape index (κ2) is 6.85. The van der Waals surface area contributed by atoms with Gasteiger partial charge in [0, 0.05) is 12.8 Å². The Morgan fingerprint density at radius 1 is 1.53 bits per heavy atom. The molecule has 0 spiro atoms. The number of nitrogens with one attached hydrogen (secondary N) is 1. The first-order valence-corrected chi connectivity index (χ1v) is 6.36. The van der Waals surface area contributed by atoms with E-state index in [1.807, 2.05) is 11.7 Å². The summed E-state index contributed by atoms with van der Waals surface area (Å²) in [6.07, 6.45) is 2.77. The third-order valence-electron chi connectivity index (χ3n) is 1.95. The lowest BCUT2D eigenvalue weighted by Crippen LogP contribution is -2.21. The van der Waals surface area contributed by atoms with Crippen molar-refractivity contribution >= 4 is 11.8 Å². The minimum absolute atomic E-state index is 0.733. The molecule has 0 unspecified atom stereocenters. The van der Waals surface area contributed by atoms with Crippen LogP contribution < -0.4 is 5.32 Å². The van der Waals surface area contributed by atoms with Crippen LogP contribution in [-0.4, -0.2) is 33.6 Å². The van der Waals surface area contributed by atoms with Crippen LogP contribution in [0.1, 0.15) is 20.3 Å². The summed E-state index contributed by atoms with van der Waals surface area (Å²) in [6, 6.07) is 0. The second-order valence-electron chi connectivity index (χ2n) is 3.97. The van der Waals surface area contributed by atoms with Gasteiger partial charge in [0.05, 0.1) is 0 Å². The Morgan fingerprint density at radius 3 is 2.93 bits per heavy atom. The van der Waals surface area contributed by atoms with Gasteiger partial charge in [-0.05, 0) is 25.4 Å². The quantitative estimate of drug-likeness (QED) is 0.568. The highest BCUT2D eigenvalue weighted by Gasteiger charge is 2.00. The maximum Gasteiger partial charge on any atom is 0.185 e. The van der Waals surface area contributed by atoms with Gasteiger partial charge in [0.2, 0.25) is 0 Å². The molecule has 0 radical (unpaired) electrons. The van der Waals surface area contributed by atoms with E-state index in [9.17, 15) is 0 Å². The van der Waals surface area contributed by atoms with E-state index in [4.69, 9.17) is 0 Å². The normalized spacial score (nSPS) is 11.2. The van der Waals surface area contributed by atoms with E-state index in [1.165, 1.54) is 6.42 Å². The summed E-state index contributed by atoms with van der Waals surface area (Å²) in [5, 5.41) is 8.45. The van der Waals surface area contributed by atoms with Gasteiger partial charge in [-0.25, -0.2) is 9.67 Å². The van der Waals surface area contributed by atoms with Gasteiger partial charge < -0.3 is 5.32 Å². The Labute approximate surface area is 95.9 Å². The number of thioether (sulfide) groups is 1. The molecule has 0 saturated heterocycles. The van der Waals surface area contributed by atoms with E-state index >= 15 is 0 Å². The lowest BCUT2D eigenvalue weighted by atomic mass is 10.2. The molecule has 1 N–H and O–H groups in total. The van der Waals surface area contributed by atoms with Crippen LogP contribution in [0.5, 0.6) is 0 Å². The van der Waals surface area contributed by atoms with Crippen molar-refractivity contribution < 1.29 is 0 Å². The highest BCUT2D eigenvalue weighted by atomic mass is 32.2. The third-order valence-corrected chi connectivity index (χ3v) is 3.07. The van der Waals surface area contributed by atoms with Gasteiger partial charge in [-0.15, -0.1) is 0 Å². The first-order valence-electron chi connectivity index (χ1n) is 5.37. The SMILES string of the molecule is CC(C)CNCCCSc1ncnn1C. The largest absolute Gasteiger partial charge is 0.316 e. The van der Waals surface area contributed by atoms with Gasteiger partial charge >= 0.3 is 0 Å². The molecule has 0 bridgehead atoms. The smallest absolute Gasteiger partial charge is 0.185 e. The molecule has 0 saturated carbocycles. The van der Waals surface area contributed by atoms with Gasteiger partial charge in [0.1, 0.15) is 6.33 Å². The van der Waals surface area contributed by atoms with Crippen molar-refractivity contribution in [1.29, 1.82) is 0 Å². The van der Waals surface area contributed by atoms with Crippen molar-refractivity contribution in [3.8, 4) is 0 Å². The molecule has 15 heavy (non-hydrogen) atoms. The molecule has 0 aliphatic rings. The molecular formula is C10H20N4S. The molecule has 4 nitrogen and oxygen atoms in total. The molecule has 1 rings (SSSR count). The average molecular weight is 228 g/mol. The standard InChI is InChI=1S/C10H20N4S/c1-9(2)7-11-5-4-6-15-10-12-8-13-14(10)3/h8-9,11H,4-7H2,1-3H3. The average Bonchev–Trinajstić information content (AvgIpc) is 2.57. The van der Waals surface area contributed by atoms with E-state index in [-0.39, 0.29) is 0 Å². The van der Waals surface area contributed by atoms with Crippen LogP contribution >= 0.6 is 11.8 Å². The molecular weight excluding hydrogens is 208 g/mol. The van der Waals surface area contributed by atoms with Gasteiger partial charge in [-0.2, -0.15) is 5.10 Å². The number of nitrogens with zero attached hydrogens (tertiary/aromatic N) is 3. The maximum absolute atomic E-state index is 4.16. The van der Waals surface area contributed by atoms with Crippen molar-refractivity contribution in [1.82, 2.24) is 20.1 Å². The van der Waals surface area contributed by atoms with Gasteiger partial charge in [0.25, 0.3) is 0 Å². The summed E-state index contributed by atoms with van der Waals surface area (Å²) in [5.41, 5.74) is 0. The lowest BCUT2D eigenvalue weighted by Gasteiger charge is -2.06. The molecule has 5 heteroatoms. The van der Waals surface area contributed by atoms with Crippen LogP contribution in [0.4, 0.5) is 0 Å². The number of aromatic nitrogens is 3. The molecule has 86 valence electrons. The summed E-state index contributed by atoms with van der Waals surface area (Å²) in [4.78, 5) is 4.16. The molecule has 1 aromatic rings. The lowest BCUT2D eigenvalue weighted by molar-refractivity contribution is 0.551. The molecule has 0 aliphatic carbocycles. The highest BCUT2D eigenvalue weighted by Crippen LogP contribution is 2.13. The number of hydrogen-bond acceptors (Lipinski definition) is 4. The zero-order valence-corrected chi connectivity index (χ0v) is 10.5. The van der Waals surface area contributed by atoms with Crippen LogP contribution in [-0.2, 0) is 7.05 Å². The van der Waals surface area contributed by atoms with Crippen molar-refractivity contribution in [2.24, 2.45) is 13.0 Å². The van der Waals surface area contributed by atoms with Gasteiger partial charge in [0.15, 0.2) is 5.16 Å². The molecule has 0 aromatic carbocycles. The van der Waals surface area contributed by atoms with Crippen LogP contribution in [0.25, 0.3) is 0 Å². The predicted molar refractivity (Wildman–Crippen MR) is 64.1 cm³/mol. The fraction of sp³-hybridized carbons (Fsp3) is 0.800. The van der Waals surface area contributed by atoms with E-state index in [0.29, 0.717) is 0 Å². The molecule has 0 aliphatic heterocycles. The van der Waals surface area contributed by atoms with Crippen LogP contribution in [0.3, 0.4) is 0 Å². The van der Waals surface area contributed by atoms with Gasteiger partial charge in [-0.1, -0.05) is 25.6 Å². The summed E-state index contributed by atoms with van der Waals surface area (Å²) >= 11 is 1.76. The summed E-state index contributed by atoms with van der Waals surface area (Å²) < 4.78 is 1.81. The van der Waals surface area contributed by atoms with E-state index in [2.05, 4.69) is 29.2 Å². The molecule has 1 heterocycles. The number of aryl methyl sites for hydroxylation is 1. The topological polar surface area (TPSA) is 42.7 Å². The van der Waals surface area contributed by atoms with Crippen LogP contribution in [0.2, 0.25) is 0 Å². The summed E-state index contributed by atoms with van der Waals surface area (Å²) in [6.45, 7) is 6.64. The molecule has 0 atom stereocenters. The molecule has 0 amide bonds. The van der Waals surface area contributed by atoms with Crippen molar-refractivity contribution in [2.75, 3.05) is 18.8 Å². The van der Waals surface area contributed by atoms with Crippen molar-refractivity contribution in [3.63, 3.8) is 0 Å². The van der Waals surface area contributed by atoms with E-state index in [1.54, 1.807) is 18.1 Å². The number of hydrogen-bond donors (Lipinski definition) is 1. The Bertz CT molecular complexity index is 272. The fourth-order valence-corrected chi connectivity index (χ4v) is 1.99. The summed E-state index contributed by atoms with van der Waals surface area (Å²) in [5.74, 6) is 1.83. The van der Waals surface area contributed by atoms with Gasteiger partial charge in [-0.3, -0.25) is 0 Å². The zero-order valence-electron chi connectivity index (χ0n) is 9.73.